The molecule has 0 unspecified atom stereocenters. The first kappa shape index (κ1) is 24.8. The maximum atomic E-state index is 13.2. The fraction of sp³-hybridized carbons (Fsp3) is 0.115. The highest BCUT2D eigenvalue weighted by Crippen LogP contribution is 2.24. The highest BCUT2D eigenvalue weighted by Gasteiger charge is 2.21. The van der Waals surface area contributed by atoms with Crippen LogP contribution in [0.5, 0.6) is 11.5 Å². The lowest BCUT2D eigenvalue weighted by molar-refractivity contribution is -0.133. The second-order valence-electron chi connectivity index (χ2n) is 7.61. The highest BCUT2D eigenvalue weighted by molar-refractivity contribution is 9.10. The largest absolute Gasteiger partial charge is 0.497 e. The summed E-state index contributed by atoms with van der Waals surface area (Å²) in [6.45, 7) is 2.42. The molecule has 0 aliphatic heterocycles. The van der Waals surface area contributed by atoms with Gasteiger partial charge in [0.05, 0.1) is 19.2 Å². The van der Waals surface area contributed by atoms with Crippen LogP contribution < -0.4 is 25.5 Å². The molecular weight excluding hydrogens is 528 g/mol. The van der Waals surface area contributed by atoms with Crippen molar-refractivity contribution in [3.8, 4) is 11.5 Å². The molecule has 0 atom stereocenters. The van der Waals surface area contributed by atoms with Crippen LogP contribution in [0.2, 0.25) is 0 Å². The van der Waals surface area contributed by atoms with Crippen LogP contribution in [0.25, 0.3) is 10.9 Å². The molecule has 1 heterocycles. The average molecular weight is 551 g/mol. The third-order valence-corrected chi connectivity index (χ3v) is 5.66. The fourth-order valence-corrected chi connectivity index (χ4v) is 3.89. The van der Waals surface area contributed by atoms with Crippen molar-refractivity contribution < 1.29 is 23.9 Å². The van der Waals surface area contributed by atoms with Crippen LogP contribution >= 0.6 is 15.9 Å². The van der Waals surface area contributed by atoms with E-state index in [0.29, 0.717) is 40.4 Å². The van der Waals surface area contributed by atoms with Crippen molar-refractivity contribution in [3.05, 3.63) is 83.0 Å². The van der Waals surface area contributed by atoms with Crippen molar-refractivity contribution in [1.29, 1.82) is 0 Å². The maximum absolute atomic E-state index is 13.2. The van der Waals surface area contributed by atoms with Crippen molar-refractivity contribution in [3.63, 3.8) is 0 Å². The van der Waals surface area contributed by atoms with Crippen molar-refractivity contribution in [2.24, 2.45) is 0 Å². The van der Waals surface area contributed by atoms with Gasteiger partial charge in [-0.15, -0.1) is 0 Å². The molecule has 10 heteroatoms. The van der Waals surface area contributed by atoms with E-state index in [0.717, 1.165) is 4.47 Å². The molecule has 3 N–H and O–H groups in total. The van der Waals surface area contributed by atoms with Crippen molar-refractivity contribution >= 4 is 55.9 Å². The normalized spacial score (nSPS) is 10.5. The summed E-state index contributed by atoms with van der Waals surface area (Å²) in [7, 11) is 1.50. The van der Waals surface area contributed by atoms with Gasteiger partial charge in [-0.3, -0.25) is 19.8 Å². The Labute approximate surface area is 215 Å². The number of benzene rings is 3. The lowest BCUT2D eigenvalue weighted by Crippen LogP contribution is -2.36. The third kappa shape index (κ3) is 5.66. The number of ether oxygens (including phenoxy) is 2. The molecule has 0 radical (unpaired) electrons. The summed E-state index contributed by atoms with van der Waals surface area (Å²) >= 11 is 3.42. The Morgan fingerprint density at radius 1 is 0.861 bits per heavy atom. The molecule has 0 fully saturated rings. The Bertz CT molecular complexity index is 1430. The quantitative estimate of drug-likeness (QED) is 0.287. The van der Waals surface area contributed by atoms with Crippen molar-refractivity contribution in [2.45, 2.75) is 6.92 Å². The van der Waals surface area contributed by atoms with Gasteiger partial charge in [0.2, 0.25) is 0 Å². The molecule has 36 heavy (non-hydrogen) atoms. The van der Waals surface area contributed by atoms with Gasteiger partial charge >= 0.3 is 11.8 Å². The molecule has 1 aromatic heterocycles. The van der Waals surface area contributed by atoms with Crippen molar-refractivity contribution in [1.82, 2.24) is 4.68 Å². The second-order valence-corrected chi connectivity index (χ2v) is 8.52. The van der Waals surface area contributed by atoms with Gasteiger partial charge in [-0.05, 0) is 67.6 Å². The minimum atomic E-state index is -0.951. The number of methoxy groups -OCH3 is 1. The van der Waals surface area contributed by atoms with Gasteiger partial charge in [0.1, 0.15) is 17.2 Å². The molecule has 0 saturated carbocycles. The van der Waals surface area contributed by atoms with Gasteiger partial charge in [0, 0.05) is 27.3 Å². The summed E-state index contributed by atoms with van der Waals surface area (Å²) in [6, 6.07) is 20.5. The summed E-state index contributed by atoms with van der Waals surface area (Å²) in [4.78, 5) is 38.5. The molecule has 0 spiro atoms. The number of hydrogen-bond acceptors (Lipinski definition) is 5. The zero-order chi connectivity index (χ0) is 25.7. The molecule has 4 aromatic rings. The van der Waals surface area contributed by atoms with Crippen LogP contribution in [0.1, 0.15) is 17.4 Å². The van der Waals surface area contributed by atoms with Crippen LogP contribution in [0.4, 0.5) is 11.4 Å². The first-order valence-electron chi connectivity index (χ1n) is 11.0. The van der Waals surface area contributed by atoms with E-state index in [1.54, 1.807) is 66.7 Å². The van der Waals surface area contributed by atoms with Crippen LogP contribution in [-0.4, -0.2) is 36.1 Å². The number of carbonyl (C=O) groups is 3. The topological polar surface area (TPSA) is 111 Å². The van der Waals surface area contributed by atoms with Crippen LogP contribution in [0, 0.1) is 0 Å². The molecular formula is C26H23BrN4O5. The number of anilines is 2. The molecule has 9 nitrogen and oxygen atoms in total. The van der Waals surface area contributed by atoms with E-state index in [1.165, 1.54) is 11.8 Å². The van der Waals surface area contributed by atoms with E-state index in [9.17, 15) is 14.4 Å². The van der Waals surface area contributed by atoms with Gasteiger partial charge in [-0.25, -0.2) is 4.68 Å². The van der Waals surface area contributed by atoms with E-state index in [1.807, 2.05) is 13.0 Å². The number of nitrogens with one attached hydrogen (secondary N) is 3. The van der Waals surface area contributed by atoms with Gasteiger partial charge in [0.25, 0.3) is 5.91 Å². The fourth-order valence-electron chi connectivity index (χ4n) is 3.51. The van der Waals surface area contributed by atoms with E-state index >= 15 is 0 Å². The van der Waals surface area contributed by atoms with Crippen LogP contribution in [0.3, 0.4) is 0 Å². The summed E-state index contributed by atoms with van der Waals surface area (Å²) in [5, 5.41) is 6.02. The molecule has 3 amide bonds. The highest BCUT2D eigenvalue weighted by atomic mass is 79.9. The van der Waals surface area contributed by atoms with Gasteiger partial charge < -0.3 is 20.1 Å². The zero-order valence-electron chi connectivity index (χ0n) is 19.5. The summed E-state index contributed by atoms with van der Waals surface area (Å²) < 4.78 is 12.7. The molecule has 0 saturated heterocycles. The molecule has 4 rings (SSSR count). The van der Waals surface area contributed by atoms with Gasteiger partial charge in [-0.1, -0.05) is 22.0 Å². The molecule has 3 aromatic carbocycles. The number of fused-ring (bicyclic) bond motifs is 1. The minimum absolute atomic E-state index is 0.138. The van der Waals surface area contributed by atoms with Crippen LogP contribution in [0.15, 0.2) is 77.3 Å². The Morgan fingerprint density at radius 3 is 2.36 bits per heavy atom. The third-order valence-electron chi connectivity index (χ3n) is 5.17. The van der Waals surface area contributed by atoms with Crippen molar-refractivity contribution in [2.75, 3.05) is 29.8 Å². The molecule has 0 aliphatic carbocycles. The predicted octanol–water partition coefficient (Wildman–Crippen LogP) is 4.77. The van der Waals surface area contributed by atoms with E-state index < -0.39 is 17.7 Å². The molecule has 0 bridgehead atoms. The van der Waals surface area contributed by atoms with Gasteiger partial charge in [-0.2, -0.15) is 0 Å². The van der Waals surface area contributed by atoms with Crippen LogP contribution in [-0.2, 0) is 9.59 Å². The number of aromatic nitrogens is 1. The van der Waals surface area contributed by atoms with E-state index in [4.69, 9.17) is 9.47 Å². The summed E-state index contributed by atoms with van der Waals surface area (Å²) in [5.41, 5.74) is 4.15. The first-order chi connectivity index (χ1) is 17.4. The predicted molar refractivity (Wildman–Crippen MR) is 141 cm³/mol. The number of nitrogens with zero attached hydrogens (tertiary/aromatic N) is 1. The standard InChI is InChI=1S/C26H23BrN4O5/c1-3-36-20-10-8-18(9-11-20)28-24(32)23-14-16-13-17(27)7-12-22(16)31(23)30-26(34)25(33)29-19-5-4-6-21(15-19)35-2/h4-15H,3H2,1-2H3,(H,28,32)(H,29,33)(H,30,34). The lowest BCUT2D eigenvalue weighted by atomic mass is 10.2. The average Bonchev–Trinajstić information content (AvgIpc) is 3.22. The molecule has 184 valence electrons. The summed E-state index contributed by atoms with van der Waals surface area (Å²) in [5.74, 6) is -1.11. The SMILES string of the molecule is CCOc1ccc(NC(=O)c2cc3cc(Br)ccc3n2NC(=O)C(=O)Nc2cccc(OC)c2)cc1. The number of amides is 3. The molecule has 0 aliphatic rings. The number of halogens is 1. The van der Waals surface area contributed by atoms with E-state index in [2.05, 4.69) is 32.0 Å². The second kappa shape index (κ2) is 11.0. The first-order valence-corrected chi connectivity index (χ1v) is 11.8. The Balaban J connectivity index is 1.58. The maximum Gasteiger partial charge on any atom is 0.328 e. The number of hydrogen-bond donors (Lipinski definition) is 3. The Morgan fingerprint density at radius 2 is 1.64 bits per heavy atom. The number of carbonyl (C=O) groups excluding carboxylic acids is 3. The summed E-state index contributed by atoms with van der Waals surface area (Å²) in [6.07, 6.45) is 0. The number of rotatable bonds is 7. The monoisotopic (exact) mass is 550 g/mol. The zero-order valence-corrected chi connectivity index (χ0v) is 21.1. The smallest absolute Gasteiger partial charge is 0.328 e. The van der Waals surface area contributed by atoms with Gasteiger partial charge in [0.15, 0.2) is 0 Å². The lowest BCUT2D eigenvalue weighted by Gasteiger charge is -2.13. The Kier molecular flexibility index (Phi) is 7.55. The minimum Gasteiger partial charge on any atom is -0.497 e. The Hall–Kier alpha value is -4.31. The van der Waals surface area contributed by atoms with E-state index in [-0.39, 0.29) is 5.69 Å².